The van der Waals surface area contributed by atoms with Crippen LogP contribution < -0.4 is 11.2 Å². The number of nitrogens with zero attached hydrogens (tertiary/aromatic N) is 2. The minimum absolute atomic E-state index is 0.119. The summed E-state index contributed by atoms with van der Waals surface area (Å²) in [5, 5.41) is 11.2. The highest BCUT2D eigenvalue weighted by atomic mass is 16.4. The van der Waals surface area contributed by atoms with E-state index in [2.05, 4.69) is 10.1 Å². The smallest absolute Gasteiger partial charge is 0.328 e. The molecule has 6 nitrogen and oxygen atoms in total. The third-order valence-corrected chi connectivity index (χ3v) is 2.43. The molecule has 0 amide bonds. The van der Waals surface area contributed by atoms with Crippen LogP contribution >= 0.6 is 0 Å². The molecular formula is C12H11N3O3. The molecule has 1 heterocycles. The Balaban J connectivity index is 2.42. The molecule has 1 aromatic heterocycles. The van der Waals surface area contributed by atoms with Crippen LogP contribution in [0, 0.1) is 0 Å². The van der Waals surface area contributed by atoms with Gasteiger partial charge in [-0.05, 0) is 5.56 Å². The zero-order valence-corrected chi connectivity index (χ0v) is 9.41. The summed E-state index contributed by atoms with van der Waals surface area (Å²) in [4.78, 5) is 25.1. The maximum absolute atomic E-state index is 11.6. The number of aromatic amines is 1. The molecule has 0 aliphatic carbocycles. The Labute approximate surface area is 102 Å². The van der Waals surface area contributed by atoms with Crippen LogP contribution in [0.15, 0.2) is 51.3 Å². The van der Waals surface area contributed by atoms with Crippen molar-refractivity contribution in [3.8, 4) is 0 Å². The van der Waals surface area contributed by atoms with Gasteiger partial charge >= 0.3 is 5.69 Å². The van der Waals surface area contributed by atoms with Gasteiger partial charge in [-0.25, -0.2) is 4.79 Å². The Morgan fingerprint density at radius 3 is 2.67 bits per heavy atom. The van der Waals surface area contributed by atoms with Crippen molar-refractivity contribution >= 4 is 6.21 Å². The van der Waals surface area contributed by atoms with Gasteiger partial charge in [0.1, 0.15) is 0 Å². The van der Waals surface area contributed by atoms with E-state index in [0.29, 0.717) is 6.54 Å². The molecule has 0 aliphatic rings. The molecule has 1 aromatic carbocycles. The van der Waals surface area contributed by atoms with Gasteiger partial charge in [-0.1, -0.05) is 35.5 Å². The Kier molecular flexibility index (Phi) is 3.38. The number of nitrogens with one attached hydrogen (secondary N) is 1. The molecule has 0 atom stereocenters. The summed E-state index contributed by atoms with van der Waals surface area (Å²) < 4.78 is 1.34. The highest BCUT2D eigenvalue weighted by Gasteiger charge is 2.03. The van der Waals surface area contributed by atoms with E-state index in [1.807, 2.05) is 30.3 Å². The number of H-pyrrole nitrogens is 1. The fraction of sp³-hybridized carbons (Fsp3) is 0.0833. The first-order valence-electron chi connectivity index (χ1n) is 5.26. The van der Waals surface area contributed by atoms with Crippen molar-refractivity contribution in [2.75, 3.05) is 0 Å². The molecule has 2 aromatic rings. The van der Waals surface area contributed by atoms with Gasteiger partial charge in [0.15, 0.2) is 0 Å². The third-order valence-electron chi connectivity index (χ3n) is 2.43. The second-order valence-electron chi connectivity index (χ2n) is 3.70. The van der Waals surface area contributed by atoms with Crippen LogP contribution in [-0.4, -0.2) is 21.0 Å². The lowest BCUT2D eigenvalue weighted by molar-refractivity contribution is 0.321. The second-order valence-corrected chi connectivity index (χ2v) is 3.70. The van der Waals surface area contributed by atoms with Crippen molar-refractivity contribution in [3.05, 3.63) is 68.5 Å². The van der Waals surface area contributed by atoms with Crippen LogP contribution in [0.3, 0.4) is 0 Å². The van der Waals surface area contributed by atoms with Gasteiger partial charge in [-0.2, -0.15) is 0 Å². The predicted octanol–water partition coefficient (Wildman–Crippen LogP) is 0.393. The largest absolute Gasteiger partial charge is 0.411 e. The van der Waals surface area contributed by atoms with Crippen molar-refractivity contribution in [1.82, 2.24) is 9.55 Å². The Morgan fingerprint density at radius 2 is 2.00 bits per heavy atom. The van der Waals surface area contributed by atoms with Crippen molar-refractivity contribution in [1.29, 1.82) is 0 Å². The lowest BCUT2D eigenvalue weighted by atomic mass is 10.2. The van der Waals surface area contributed by atoms with Gasteiger partial charge in [0.2, 0.25) is 0 Å². The van der Waals surface area contributed by atoms with Crippen molar-refractivity contribution < 1.29 is 5.21 Å². The number of hydrogen-bond acceptors (Lipinski definition) is 4. The first-order chi connectivity index (χ1) is 8.70. The number of rotatable bonds is 3. The maximum atomic E-state index is 11.6. The monoisotopic (exact) mass is 245 g/mol. The summed E-state index contributed by atoms with van der Waals surface area (Å²) in [6.45, 7) is 0.336. The zero-order chi connectivity index (χ0) is 13.0. The number of aromatic nitrogens is 2. The summed E-state index contributed by atoms with van der Waals surface area (Å²) in [6, 6.07) is 9.35. The highest BCUT2D eigenvalue weighted by molar-refractivity contribution is 5.77. The molecule has 0 unspecified atom stereocenters. The van der Waals surface area contributed by atoms with Crippen LogP contribution in [0.25, 0.3) is 0 Å². The second kappa shape index (κ2) is 5.13. The number of benzene rings is 1. The van der Waals surface area contributed by atoms with Gasteiger partial charge < -0.3 is 5.21 Å². The highest BCUT2D eigenvalue weighted by Crippen LogP contribution is 1.99. The molecule has 0 bridgehead atoms. The van der Waals surface area contributed by atoms with Crippen LogP contribution in [0.5, 0.6) is 0 Å². The van der Waals surface area contributed by atoms with Crippen molar-refractivity contribution in [2.24, 2.45) is 5.16 Å². The lowest BCUT2D eigenvalue weighted by Crippen LogP contribution is -2.31. The Morgan fingerprint density at radius 1 is 1.28 bits per heavy atom. The molecular weight excluding hydrogens is 234 g/mol. The van der Waals surface area contributed by atoms with E-state index in [-0.39, 0.29) is 5.56 Å². The summed E-state index contributed by atoms with van der Waals surface area (Å²) in [6.07, 6.45) is 2.34. The van der Waals surface area contributed by atoms with E-state index in [0.717, 1.165) is 11.8 Å². The van der Waals surface area contributed by atoms with Crippen LogP contribution in [-0.2, 0) is 6.54 Å². The van der Waals surface area contributed by atoms with E-state index in [1.165, 1.54) is 10.8 Å². The van der Waals surface area contributed by atoms with E-state index < -0.39 is 11.2 Å². The molecule has 0 saturated carbocycles. The minimum atomic E-state index is -0.581. The van der Waals surface area contributed by atoms with Gasteiger partial charge in [0.05, 0.1) is 18.3 Å². The lowest BCUT2D eigenvalue weighted by Gasteiger charge is -2.05. The molecule has 92 valence electrons. The van der Waals surface area contributed by atoms with Crippen molar-refractivity contribution in [2.45, 2.75) is 6.54 Å². The van der Waals surface area contributed by atoms with E-state index >= 15 is 0 Å². The molecule has 0 radical (unpaired) electrons. The summed E-state index contributed by atoms with van der Waals surface area (Å²) in [7, 11) is 0. The number of hydrogen-bond donors (Lipinski definition) is 2. The van der Waals surface area contributed by atoms with Gasteiger partial charge in [-0.15, -0.1) is 0 Å². The van der Waals surface area contributed by atoms with Crippen LogP contribution in [0.4, 0.5) is 0 Å². The maximum Gasteiger partial charge on any atom is 0.328 e. The average molecular weight is 245 g/mol. The Hall–Kier alpha value is -2.63. The molecule has 0 fully saturated rings. The fourth-order valence-electron chi connectivity index (χ4n) is 1.58. The van der Waals surface area contributed by atoms with E-state index in [1.54, 1.807) is 0 Å². The Bertz CT molecular complexity index is 671. The van der Waals surface area contributed by atoms with E-state index in [4.69, 9.17) is 5.21 Å². The quantitative estimate of drug-likeness (QED) is 0.466. The van der Waals surface area contributed by atoms with Gasteiger partial charge in [0, 0.05) is 6.20 Å². The number of oxime groups is 1. The molecule has 0 spiro atoms. The molecule has 2 N–H and O–H groups in total. The van der Waals surface area contributed by atoms with E-state index in [9.17, 15) is 9.59 Å². The minimum Gasteiger partial charge on any atom is -0.411 e. The summed E-state index contributed by atoms with van der Waals surface area (Å²) >= 11 is 0. The standard InChI is InChI=1S/C12H11N3O3/c16-11-10(6-13-18)8-15(12(17)14-11)7-9-4-2-1-3-5-9/h1-6,8,18H,7H2,(H,14,16,17)/b13-6-. The molecule has 18 heavy (non-hydrogen) atoms. The van der Waals surface area contributed by atoms with Crippen molar-refractivity contribution in [3.63, 3.8) is 0 Å². The summed E-state index contributed by atoms with van der Waals surface area (Å²) in [5.41, 5.74) is -0.0346. The first-order valence-corrected chi connectivity index (χ1v) is 5.26. The predicted molar refractivity (Wildman–Crippen MR) is 66.2 cm³/mol. The topological polar surface area (TPSA) is 87.5 Å². The molecule has 6 heteroatoms. The van der Waals surface area contributed by atoms with Crippen LogP contribution in [0.1, 0.15) is 11.1 Å². The zero-order valence-electron chi connectivity index (χ0n) is 9.41. The SMILES string of the molecule is O=c1[nH]c(=O)n(Cc2ccccc2)cc1/C=N\O. The third kappa shape index (κ3) is 2.54. The molecule has 2 rings (SSSR count). The van der Waals surface area contributed by atoms with Gasteiger partial charge in [0.25, 0.3) is 5.56 Å². The normalized spacial score (nSPS) is 10.9. The van der Waals surface area contributed by atoms with Crippen LogP contribution in [0.2, 0.25) is 0 Å². The summed E-state index contributed by atoms with van der Waals surface area (Å²) in [5.74, 6) is 0. The molecule has 0 aliphatic heterocycles. The fourth-order valence-corrected chi connectivity index (χ4v) is 1.58. The first kappa shape index (κ1) is 11.8. The average Bonchev–Trinajstić information content (AvgIpc) is 2.37. The van der Waals surface area contributed by atoms with Gasteiger partial charge in [-0.3, -0.25) is 14.3 Å². The molecule has 0 saturated heterocycles.